The minimum absolute atomic E-state index is 0.440. The highest BCUT2D eigenvalue weighted by atomic mass is 35.5. The summed E-state index contributed by atoms with van der Waals surface area (Å²) in [4.78, 5) is 14.7. The van der Waals surface area contributed by atoms with Crippen LogP contribution in [0.15, 0.2) is 29.4 Å². The van der Waals surface area contributed by atoms with Gasteiger partial charge in [-0.2, -0.15) is 0 Å². The van der Waals surface area contributed by atoms with E-state index in [9.17, 15) is 4.79 Å². The lowest BCUT2D eigenvalue weighted by Gasteiger charge is -2.00. The molecule has 0 aliphatic heterocycles. The van der Waals surface area contributed by atoms with Crippen LogP contribution in [0.4, 0.5) is 0 Å². The Balaban J connectivity index is 2.63. The van der Waals surface area contributed by atoms with Crippen LogP contribution < -0.4 is 0 Å². The number of oxime groups is 1. The second-order valence-electron chi connectivity index (χ2n) is 2.85. The van der Waals surface area contributed by atoms with E-state index < -0.39 is 12.6 Å². The summed E-state index contributed by atoms with van der Waals surface area (Å²) >= 11 is 5.71. The smallest absolute Gasteiger partial charge is 0.344 e. The van der Waals surface area contributed by atoms with Gasteiger partial charge in [0, 0.05) is 5.02 Å². The van der Waals surface area contributed by atoms with E-state index in [4.69, 9.17) is 16.7 Å². The Kier molecular flexibility index (Phi) is 4.12. The molecule has 1 aromatic rings. The zero-order valence-corrected chi connectivity index (χ0v) is 8.86. The third-order valence-electron chi connectivity index (χ3n) is 1.65. The second-order valence-corrected chi connectivity index (χ2v) is 3.29. The number of rotatable bonds is 4. The number of hydrogen-bond acceptors (Lipinski definition) is 3. The van der Waals surface area contributed by atoms with Gasteiger partial charge >= 0.3 is 5.97 Å². The minimum atomic E-state index is -1.05. The topological polar surface area (TPSA) is 58.9 Å². The molecule has 0 spiro atoms. The molecule has 0 aliphatic carbocycles. The Morgan fingerprint density at radius 1 is 1.47 bits per heavy atom. The van der Waals surface area contributed by atoms with Crippen LogP contribution in [-0.2, 0) is 9.63 Å². The first-order valence-corrected chi connectivity index (χ1v) is 4.61. The predicted molar refractivity (Wildman–Crippen MR) is 57.3 cm³/mol. The molecule has 0 aromatic heterocycles. The van der Waals surface area contributed by atoms with Crippen molar-refractivity contribution in [3.63, 3.8) is 0 Å². The van der Waals surface area contributed by atoms with Crippen LogP contribution in [0.2, 0.25) is 5.02 Å². The van der Waals surface area contributed by atoms with Gasteiger partial charge in [-0.05, 0) is 24.6 Å². The fraction of sp³-hybridized carbons (Fsp3) is 0.200. The molecule has 0 saturated heterocycles. The maximum atomic E-state index is 10.2. The largest absolute Gasteiger partial charge is 0.479 e. The number of carboxylic acid groups (broad SMARTS) is 1. The lowest BCUT2D eigenvalue weighted by atomic mass is 10.1. The van der Waals surface area contributed by atoms with Crippen LogP contribution in [-0.4, -0.2) is 23.4 Å². The normalized spacial score (nSPS) is 11.2. The number of carbonyl (C=O) groups is 1. The lowest BCUT2D eigenvalue weighted by Crippen LogP contribution is -2.05. The maximum absolute atomic E-state index is 10.2. The molecule has 80 valence electrons. The summed E-state index contributed by atoms with van der Waals surface area (Å²) < 4.78 is 0. The van der Waals surface area contributed by atoms with Gasteiger partial charge in [-0.25, -0.2) is 4.79 Å². The highest BCUT2D eigenvalue weighted by molar-refractivity contribution is 6.30. The third kappa shape index (κ3) is 3.99. The summed E-state index contributed by atoms with van der Waals surface area (Å²) in [6.45, 7) is 1.29. The van der Waals surface area contributed by atoms with Gasteiger partial charge < -0.3 is 9.94 Å². The molecule has 1 N–H and O–H groups in total. The van der Waals surface area contributed by atoms with Crippen LogP contribution in [0.1, 0.15) is 12.5 Å². The maximum Gasteiger partial charge on any atom is 0.344 e. The third-order valence-corrected chi connectivity index (χ3v) is 1.90. The fourth-order valence-corrected chi connectivity index (χ4v) is 1.05. The molecule has 0 heterocycles. The van der Waals surface area contributed by atoms with Crippen LogP contribution in [0, 0.1) is 0 Å². The van der Waals surface area contributed by atoms with Gasteiger partial charge in [-0.3, -0.25) is 0 Å². The van der Waals surface area contributed by atoms with Crippen molar-refractivity contribution < 1.29 is 14.7 Å². The van der Waals surface area contributed by atoms with Gasteiger partial charge in [0.15, 0.2) is 0 Å². The van der Waals surface area contributed by atoms with Crippen molar-refractivity contribution in [2.75, 3.05) is 6.61 Å². The van der Waals surface area contributed by atoms with Gasteiger partial charge in [-0.1, -0.05) is 28.9 Å². The lowest BCUT2D eigenvalue weighted by molar-refractivity contribution is -0.142. The van der Waals surface area contributed by atoms with Gasteiger partial charge in [-0.15, -0.1) is 0 Å². The molecule has 0 atom stereocenters. The molecule has 1 rings (SSSR count). The highest BCUT2D eigenvalue weighted by Gasteiger charge is 1.99. The molecule has 0 saturated carbocycles. The molecule has 1 aromatic carbocycles. The highest BCUT2D eigenvalue weighted by Crippen LogP contribution is 2.10. The van der Waals surface area contributed by atoms with E-state index in [0.717, 1.165) is 5.56 Å². The molecule has 4 nitrogen and oxygen atoms in total. The van der Waals surface area contributed by atoms with E-state index in [1.54, 1.807) is 31.2 Å². The van der Waals surface area contributed by atoms with Crippen LogP contribution >= 0.6 is 11.6 Å². The molecule has 0 bridgehead atoms. The average Bonchev–Trinajstić information content (AvgIpc) is 2.18. The van der Waals surface area contributed by atoms with E-state index in [0.29, 0.717) is 10.7 Å². The number of aliphatic carboxylic acids is 1. The van der Waals surface area contributed by atoms with Gasteiger partial charge in [0.05, 0.1) is 5.71 Å². The van der Waals surface area contributed by atoms with E-state index in [1.807, 2.05) is 0 Å². The molecule has 15 heavy (non-hydrogen) atoms. The van der Waals surface area contributed by atoms with Gasteiger partial charge in [0.25, 0.3) is 0 Å². The van der Waals surface area contributed by atoms with Gasteiger partial charge in [0.1, 0.15) is 0 Å². The fourth-order valence-electron chi connectivity index (χ4n) is 0.928. The first kappa shape index (κ1) is 11.5. The molecule has 0 radical (unpaired) electrons. The monoisotopic (exact) mass is 227 g/mol. The minimum Gasteiger partial charge on any atom is -0.479 e. The van der Waals surface area contributed by atoms with Crippen molar-refractivity contribution in [3.8, 4) is 0 Å². The first-order chi connectivity index (χ1) is 7.09. The summed E-state index contributed by atoms with van der Waals surface area (Å²) in [5.41, 5.74) is 1.44. The quantitative estimate of drug-likeness (QED) is 0.634. The van der Waals surface area contributed by atoms with Crippen LogP contribution in [0.3, 0.4) is 0 Å². The Labute approximate surface area is 92.1 Å². The van der Waals surface area contributed by atoms with E-state index >= 15 is 0 Å². The zero-order chi connectivity index (χ0) is 11.3. The summed E-state index contributed by atoms with van der Waals surface area (Å²) in [6, 6.07) is 7.02. The second kappa shape index (κ2) is 5.36. The first-order valence-electron chi connectivity index (χ1n) is 4.24. The molecule has 0 fully saturated rings. The standard InChI is InChI=1S/C10H10ClNO3/c1-7(12-15-6-10(13)14)8-2-4-9(11)5-3-8/h2-5H,6H2,1H3,(H,13,14)/b12-7-. The summed E-state index contributed by atoms with van der Waals surface area (Å²) in [6.07, 6.45) is 0. The molecule has 0 unspecified atom stereocenters. The molecule has 0 amide bonds. The van der Waals surface area contributed by atoms with Crippen LogP contribution in [0.25, 0.3) is 0 Å². The van der Waals surface area contributed by atoms with E-state index in [1.165, 1.54) is 0 Å². The molecule has 0 aliphatic rings. The van der Waals surface area contributed by atoms with E-state index in [2.05, 4.69) is 9.99 Å². The number of hydrogen-bond donors (Lipinski definition) is 1. The Morgan fingerprint density at radius 3 is 2.60 bits per heavy atom. The number of carboxylic acids is 1. The molecule has 5 heteroatoms. The van der Waals surface area contributed by atoms with Crippen molar-refractivity contribution in [3.05, 3.63) is 34.9 Å². The SMILES string of the molecule is C/C(=N/OCC(=O)O)c1ccc(Cl)cc1. The van der Waals surface area contributed by atoms with Crippen molar-refractivity contribution in [1.29, 1.82) is 0 Å². The van der Waals surface area contributed by atoms with Crippen molar-refractivity contribution in [2.24, 2.45) is 5.16 Å². The van der Waals surface area contributed by atoms with Crippen molar-refractivity contribution in [2.45, 2.75) is 6.92 Å². The van der Waals surface area contributed by atoms with Crippen LogP contribution in [0.5, 0.6) is 0 Å². The molecular weight excluding hydrogens is 218 g/mol. The Hall–Kier alpha value is -1.55. The van der Waals surface area contributed by atoms with E-state index in [-0.39, 0.29) is 0 Å². The Morgan fingerprint density at radius 2 is 2.07 bits per heavy atom. The van der Waals surface area contributed by atoms with Crippen molar-refractivity contribution >= 4 is 23.3 Å². The summed E-state index contributed by atoms with van der Waals surface area (Å²) in [5.74, 6) is -1.05. The van der Waals surface area contributed by atoms with Crippen molar-refractivity contribution in [1.82, 2.24) is 0 Å². The van der Waals surface area contributed by atoms with Gasteiger partial charge in [0.2, 0.25) is 6.61 Å². The zero-order valence-electron chi connectivity index (χ0n) is 8.11. The summed E-state index contributed by atoms with van der Waals surface area (Å²) in [7, 11) is 0. The number of benzene rings is 1. The number of nitrogens with zero attached hydrogens (tertiary/aromatic N) is 1. The Bertz CT molecular complexity index is 373. The predicted octanol–water partition coefficient (Wildman–Crippen LogP) is 2.17. The average molecular weight is 228 g/mol. The summed E-state index contributed by atoms with van der Waals surface area (Å²) in [5, 5.41) is 12.6. The molecular formula is C10H10ClNO3. The number of halogens is 1.